The van der Waals surface area contributed by atoms with Gasteiger partial charge in [-0.15, -0.1) is 0 Å². The van der Waals surface area contributed by atoms with Gasteiger partial charge in [-0.1, -0.05) is 12.5 Å². The van der Waals surface area contributed by atoms with Crippen LogP contribution in [0, 0.1) is 30.6 Å². The summed E-state index contributed by atoms with van der Waals surface area (Å²) in [5, 5.41) is 16.4. The molecule has 3 heterocycles. The molecule has 2 aliphatic heterocycles. The summed E-state index contributed by atoms with van der Waals surface area (Å²) in [4.78, 5) is 22.4. The molecule has 0 unspecified atom stereocenters. The smallest absolute Gasteiger partial charge is 0.254 e. The zero-order valence-corrected chi connectivity index (χ0v) is 19.6. The van der Waals surface area contributed by atoms with Crippen LogP contribution in [0.2, 0.25) is 0 Å². The highest BCUT2D eigenvalue weighted by atomic mass is 16.2. The van der Waals surface area contributed by atoms with Crippen LogP contribution in [0.25, 0.3) is 11.4 Å². The summed E-state index contributed by atoms with van der Waals surface area (Å²) >= 11 is 0. The van der Waals surface area contributed by atoms with E-state index in [9.17, 15) is 4.79 Å². The summed E-state index contributed by atoms with van der Waals surface area (Å²) in [7, 11) is 0. The third-order valence-electron chi connectivity index (χ3n) is 7.76. The maximum Gasteiger partial charge on any atom is 0.254 e. The molecule has 1 saturated carbocycles. The molecule has 1 N–H and O–H groups in total. The number of anilines is 1. The molecular formula is C27H28N6O. The number of nitriles is 1. The SMILES string of the molecule is Cc1nc(-c2cc(C(=O)N3CC4(C3)CN(c3ccc(C#N)cc3)C4)c(C)cc2C2CCC2)n[nH]1. The van der Waals surface area contributed by atoms with Gasteiger partial charge in [-0.2, -0.15) is 10.4 Å². The number of nitrogens with zero attached hydrogens (tertiary/aromatic N) is 5. The minimum absolute atomic E-state index is 0.105. The monoisotopic (exact) mass is 452 g/mol. The fourth-order valence-electron chi connectivity index (χ4n) is 5.64. The molecule has 1 spiro atoms. The van der Waals surface area contributed by atoms with Gasteiger partial charge in [0.05, 0.1) is 11.6 Å². The lowest BCUT2D eigenvalue weighted by Crippen LogP contribution is -2.73. The second kappa shape index (κ2) is 7.69. The van der Waals surface area contributed by atoms with Crippen molar-refractivity contribution in [1.29, 1.82) is 5.26 Å². The van der Waals surface area contributed by atoms with E-state index < -0.39 is 0 Å². The van der Waals surface area contributed by atoms with Crippen LogP contribution in [0.15, 0.2) is 36.4 Å². The predicted molar refractivity (Wildman–Crippen MR) is 130 cm³/mol. The van der Waals surface area contributed by atoms with Crippen molar-refractivity contribution in [3.8, 4) is 17.5 Å². The summed E-state index contributed by atoms with van der Waals surface area (Å²) in [6.07, 6.45) is 3.63. The van der Waals surface area contributed by atoms with Crippen LogP contribution >= 0.6 is 0 Å². The first-order chi connectivity index (χ1) is 16.4. The van der Waals surface area contributed by atoms with E-state index in [4.69, 9.17) is 5.26 Å². The van der Waals surface area contributed by atoms with Crippen molar-refractivity contribution < 1.29 is 4.79 Å². The molecule has 0 atom stereocenters. The maximum absolute atomic E-state index is 13.5. The number of amides is 1. The Hall–Kier alpha value is -3.66. The van der Waals surface area contributed by atoms with Crippen LogP contribution in [-0.4, -0.2) is 52.2 Å². The zero-order chi connectivity index (χ0) is 23.4. The highest BCUT2D eigenvalue weighted by molar-refractivity contribution is 5.98. The van der Waals surface area contributed by atoms with Crippen LogP contribution in [0.3, 0.4) is 0 Å². The van der Waals surface area contributed by atoms with Gasteiger partial charge in [-0.3, -0.25) is 9.89 Å². The third-order valence-corrected chi connectivity index (χ3v) is 7.76. The van der Waals surface area contributed by atoms with Crippen molar-refractivity contribution in [2.45, 2.75) is 39.0 Å². The highest BCUT2D eigenvalue weighted by Crippen LogP contribution is 2.44. The summed E-state index contributed by atoms with van der Waals surface area (Å²) in [6.45, 7) is 7.43. The van der Waals surface area contributed by atoms with E-state index >= 15 is 0 Å². The van der Waals surface area contributed by atoms with E-state index in [1.54, 1.807) is 0 Å². The molecule has 3 aromatic rings. The summed E-state index contributed by atoms with van der Waals surface area (Å²) < 4.78 is 0. The van der Waals surface area contributed by atoms with E-state index in [1.807, 2.05) is 49.1 Å². The summed E-state index contributed by atoms with van der Waals surface area (Å²) in [5.41, 5.74) is 6.08. The largest absolute Gasteiger partial charge is 0.370 e. The van der Waals surface area contributed by atoms with Crippen LogP contribution < -0.4 is 4.90 Å². The van der Waals surface area contributed by atoms with Gasteiger partial charge < -0.3 is 9.80 Å². The van der Waals surface area contributed by atoms with Crippen LogP contribution in [0.4, 0.5) is 5.69 Å². The lowest BCUT2D eigenvalue weighted by Gasteiger charge is -2.61. The van der Waals surface area contributed by atoms with Gasteiger partial charge in [0, 0.05) is 48.4 Å². The lowest BCUT2D eigenvalue weighted by molar-refractivity contribution is -0.0105. The normalized spacial score (nSPS) is 18.7. The highest BCUT2D eigenvalue weighted by Gasteiger charge is 2.53. The van der Waals surface area contributed by atoms with Gasteiger partial charge >= 0.3 is 0 Å². The quantitative estimate of drug-likeness (QED) is 0.641. The Balaban J connectivity index is 1.18. The Morgan fingerprint density at radius 1 is 1.12 bits per heavy atom. The van der Waals surface area contributed by atoms with Crippen molar-refractivity contribution >= 4 is 11.6 Å². The molecule has 3 fully saturated rings. The number of nitrogens with one attached hydrogen (secondary N) is 1. The number of hydrogen-bond acceptors (Lipinski definition) is 5. The number of likely N-dealkylation sites (tertiary alicyclic amines) is 1. The number of aryl methyl sites for hydroxylation is 2. The van der Waals surface area contributed by atoms with Gasteiger partial charge in [0.15, 0.2) is 5.82 Å². The van der Waals surface area contributed by atoms with Crippen molar-refractivity contribution in [2.75, 3.05) is 31.1 Å². The van der Waals surface area contributed by atoms with Crippen LogP contribution in [0.1, 0.15) is 58.1 Å². The molecule has 1 aliphatic carbocycles. The molecule has 1 aromatic heterocycles. The second-order valence-electron chi connectivity index (χ2n) is 10.3. The van der Waals surface area contributed by atoms with E-state index in [2.05, 4.69) is 32.2 Å². The first kappa shape index (κ1) is 20.9. The minimum Gasteiger partial charge on any atom is -0.370 e. The Morgan fingerprint density at radius 2 is 1.85 bits per heavy atom. The second-order valence-corrected chi connectivity index (χ2v) is 10.3. The van der Waals surface area contributed by atoms with E-state index in [0.717, 1.165) is 54.4 Å². The van der Waals surface area contributed by atoms with Crippen molar-refractivity contribution in [2.24, 2.45) is 5.41 Å². The molecule has 6 rings (SSSR count). The lowest BCUT2D eigenvalue weighted by atomic mass is 9.72. The van der Waals surface area contributed by atoms with Crippen LogP contribution in [-0.2, 0) is 0 Å². The van der Waals surface area contributed by atoms with Crippen molar-refractivity contribution in [3.05, 3.63) is 64.5 Å². The summed E-state index contributed by atoms with van der Waals surface area (Å²) in [5.74, 6) is 2.11. The molecule has 7 nitrogen and oxygen atoms in total. The molecule has 34 heavy (non-hydrogen) atoms. The standard InChI is InChI=1S/C27H28N6O/c1-17-10-23(20-4-3-5-20)24(25-29-18(2)30-31-25)11-22(17)26(34)33-15-27(16-33)13-32(14-27)21-8-6-19(12-28)7-9-21/h6-11,20H,3-5,13-16H2,1-2H3,(H,29,30,31). The van der Waals surface area contributed by atoms with E-state index in [1.165, 1.54) is 24.8 Å². The number of hydrogen-bond donors (Lipinski definition) is 1. The minimum atomic E-state index is 0.105. The number of aromatic amines is 1. The predicted octanol–water partition coefficient (Wildman–Crippen LogP) is 4.19. The average molecular weight is 453 g/mol. The van der Waals surface area contributed by atoms with Gasteiger partial charge in [-0.25, -0.2) is 4.98 Å². The summed E-state index contributed by atoms with van der Waals surface area (Å²) in [6, 6.07) is 14.1. The maximum atomic E-state index is 13.5. The van der Waals surface area contributed by atoms with Crippen molar-refractivity contribution in [1.82, 2.24) is 20.1 Å². The Morgan fingerprint density at radius 3 is 2.44 bits per heavy atom. The Labute approximate surface area is 199 Å². The van der Waals surface area contributed by atoms with Gasteiger partial charge in [0.25, 0.3) is 5.91 Å². The molecule has 0 bridgehead atoms. The Kier molecular flexibility index (Phi) is 4.73. The number of rotatable bonds is 4. The first-order valence-corrected chi connectivity index (χ1v) is 12.0. The fourth-order valence-corrected chi connectivity index (χ4v) is 5.64. The van der Waals surface area contributed by atoms with Crippen LogP contribution in [0.5, 0.6) is 0 Å². The third kappa shape index (κ3) is 3.37. The Bertz CT molecular complexity index is 1300. The average Bonchev–Trinajstić information content (AvgIpc) is 3.17. The molecule has 2 saturated heterocycles. The topological polar surface area (TPSA) is 88.9 Å². The number of aromatic nitrogens is 3. The molecule has 3 aliphatic rings. The zero-order valence-electron chi connectivity index (χ0n) is 19.6. The number of H-pyrrole nitrogens is 1. The molecule has 1 amide bonds. The molecule has 7 heteroatoms. The number of carbonyl (C=O) groups excluding carboxylic acids is 1. The molecule has 2 aromatic carbocycles. The first-order valence-electron chi connectivity index (χ1n) is 12.0. The van der Waals surface area contributed by atoms with E-state index in [0.29, 0.717) is 17.3 Å². The van der Waals surface area contributed by atoms with Gasteiger partial charge in [0.1, 0.15) is 5.82 Å². The molecule has 172 valence electrons. The number of carbonyl (C=O) groups is 1. The van der Waals surface area contributed by atoms with Gasteiger partial charge in [-0.05, 0) is 74.1 Å². The van der Waals surface area contributed by atoms with Crippen molar-refractivity contribution in [3.63, 3.8) is 0 Å². The number of benzene rings is 2. The van der Waals surface area contributed by atoms with Gasteiger partial charge in [0.2, 0.25) is 0 Å². The molecule has 0 radical (unpaired) electrons. The van der Waals surface area contributed by atoms with E-state index in [-0.39, 0.29) is 11.3 Å². The fraction of sp³-hybridized carbons (Fsp3) is 0.407. The molecular weight excluding hydrogens is 424 g/mol.